The van der Waals surface area contributed by atoms with Crippen LogP contribution in [0.5, 0.6) is 0 Å². The third-order valence-electron chi connectivity index (χ3n) is 10.0. The fourth-order valence-corrected chi connectivity index (χ4v) is 13.3. The van der Waals surface area contributed by atoms with Crippen LogP contribution in [-0.4, -0.2) is 48.7 Å². The van der Waals surface area contributed by atoms with Crippen LogP contribution in [0.4, 0.5) is 0 Å². The molecule has 8 rings (SSSR count). The molecule has 0 fully saturated rings. The topological polar surface area (TPSA) is 56.5 Å². The normalized spacial score (nSPS) is 14.7. The summed E-state index contributed by atoms with van der Waals surface area (Å²) >= 11 is 0. The van der Waals surface area contributed by atoms with Crippen molar-refractivity contribution < 1.29 is 0 Å². The van der Waals surface area contributed by atoms with Crippen LogP contribution in [0.2, 0.25) is 52.4 Å². The quantitative estimate of drug-likeness (QED) is 0.179. The number of para-hydroxylation sites is 2. The first kappa shape index (κ1) is 30.8. The van der Waals surface area contributed by atoms with Gasteiger partial charge in [0.2, 0.25) is 0 Å². The molecule has 0 unspecified atom stereocenters. The Hall–Kier alpha value is -4.51. The van der Waals surface area contributed by atoms with Crippen molar-refractivity contribution in [2.24, 2.45) is 0 Å². The molecule has 0 spiro atoms. The summed E-state index contributed by atoms with van der Waals surface area (Å²) in [5, 5.41) is 5.48. The van der Waals surface area contributed by atoms with Crippen LogP contribution >= 0.6 is 0 Å². The Morgan fingerprint density at radius 2 is 1.19 bits per heavy atom. The SMILES string of the molecule is C[Si](C)(C)c1nc(-c2cccc(-c3nccc4c3[SiH-](C)(C)c3ccc(-n5c6ccccc6c6ccccc65)cc3-4)c2)nc([Si](C)(C)C)n1. The standard InChI is InChI=1S/C40H42N5Si3/c1-46(2,3)39-42-38(43-40(44-39)47(4,5)6)27-15-13-14-26(24-27)36-37-31(22-23-41-36)32-25-28(20-21-35(32)48(37,7)8)45-33-18-11-9-16-29(33)30-17-10-12-19-34(30)45/h9-25,48H,1-8H3/q-1. The van der Waals surface area contributed by atoms with E-state index in [1.807, 2.05) is 6.20 Å². The molecule has 0 aliphatic carbocycles. The van der Waals surface area contributed by atoms with Crippen LogP contribution in [0.25, 0.3) is 61.3 Å². The molecule has 0 saturated heterocycles. The van der Waals surface area contributed by atoms with Crippen molar-refractivity contribution in [3.63, 3.8) is 0 Å². The van der Waals surface area contributed by atoms with Gasteiger partial charge in [-0.1, -0.05) is 0 Å². The van der Waals surface area contributed by atoms with E-state index in [-0.39, 0.29) is 0 Å². The maximum atomic E-state index is 5.10. The maximum absolute atomic E-state index is 5.10. The molecule has 0 amide bonds. The van der Waals surface area contributed by atoms with E-state index in [9.17, 15) is 0 Å². The second-order valence-corrected chi connectivity index (χ2v) is 30.9. The van der Waals surface area contributed by atoms with Crippen molar-refractivity contribution >= 4 is 67.3 Å². The Morgan fingerprint density at radius 1 is 0.583 bits per heavy atom. The Balaban J connectivity index is 1.28. The predicted octanol–water partition coefficient (Wildman–Crippen LogP) is 7.32. The van der Waals surface area contributed by atoms with E-state index < -0.39 is 24.2 Å². The fourth-order valence-electron chi connectivity index (χ4n) is 7.55. The van der Waals surface area contributed by atoms with Crippen molar-refractivity contribution in [3.05, 3.63) is 103 Å². The van der Waals surface area contributed by atoms with E-state index in [0.717, 1.165) is 33.5 Å². The van der Waals surface area contributed by atoms with Gasteiger partial charge in [0.1, 0.15) is 0 Å². The molecule has 240 valence electrons. The van der Waals surface area contributed by atoms with Crippen molar-refractivity contribution in [1.29, 1.82) is 0 Å². The van der Waals surface area contributed by atoms with Gasteiger partial charge in [0.05, 0.1) is 0 Å². The number of hydrogen-bond donors (Lipinski definition) is 0. The zero-order chi connectivity index (χ0) is 33.6. The summed E-state index contributed by atoms with van der Waals surface area (Å²) in [6, 6.07) is 35.6. The molecule has 0 radical (unpaired) electrons. The molecule has 4 aromatic carbocycles. The van der Waals surface area contributed by atoms with Gasteiger partial charge in [-0.2, -0.15) is 0 Å². The zero-order valence-electron chi connectivity index (χ0n) is 29.1. The molecule has 5 nitrogen and oxygen atoms in total. The number of fused-ring (bicyclic) bond motifs is 6. The molecule has 8 heteroatoms. The van der Waals surface area contributed by atoms with E-state index in [0.29, 0.717) is 0 Å². The minimum absolute atomic E-state index is 0.785. The second kappa shape index (κ2) is 10.7. The van der Waals surface area contributed by atoms with E-state index in [1.54, 1.807) is 0 Å². The van der Waals surface area contributed by atoms with Gasteiger partial charge in [-0.15, -0.1) is 0 Å². The first-order valence-electron chi connectivity index (χ1n) is 17.1. The molecule has 3 aromatic heterocycles. The van der Waals surface area contributed by atoms with Gasteiger partial charge in [-0.3, -0.25) is 0 Å². The van der Waals surface area contributed by atoms with Crippen LogP contribution in [0.3, 0.4) is 0 Å². The number of benzene rings is 4. The second-order valence-electron chi connectivity index (χ2n) is 16.0. The molecular weight excluding hydrogens is 635 g/mol. The summed E-state index contributed by atoms with van der Waals surface area (Å²) in [5.41, 5.74) is 11.5. The summed E-state index contributed by atoms with van der Waals surface area (Å²) in [5.74, 6) is 0.785. The summed E-state index contributed by atoms with van der Waals surface area (Å²) in [4.78, 5) is 20.3. The van der Waals surface area contributed by atoms with E-state index in [1.165, 1.54) is 49.0 Å². The third-order valence-corrected chi connectivity index (χ3v) is 17.2. The van der Waals surface area contributed by atoms with Gasteiger partial charge >= 0.3 is 287 Å². The van der Waals surface area contributed by atoms with Gasteiger partial charge < -0.3 is 0 Å². The zero-order valence-corrected chi connectivity index (χ0v) is 32.3. The van der Waals surface area contributed by atoms with Crippen molar-refractivity contribution in [2.45, 2.75) is 52.4 Å². The van der Waals surface area contributed by atoms with E-state index in [4.69, 9.17) is 19.9 Å². The van der Waals surface area contributed by atoms with Gasteiger partial charge in [-0.05, 0) is 0 Å². The van der Waals surface area contributed by atoms with Crippen LogP contribution in [0.1, 0.15) is 0 Å². The first-order chi connectivity index (χ1) is 22.8. The molecule has 7 aromatic rings. The van der Waals surface area contributed by atoms with Crippen LogP contribution < -0.4 is 21.3 Å². The molecule has 0 bridgehead atoms. The number of nitrogens with zero attached hydrogens (tertiary/aromatic N) is 5. The molecule has 1 aliphatic rings. The molecule has 48 heavy (non-hydrogen) atoms. The third kappa shape index (κ3) is 4.84. The van der Waals surface area contributed by atoms with Crippen LogP contribution in [-0.2, 0) is 0 Å². The summed E-state index contributed by atoms with van der Waals surface area (Å²) in [6.45, 7) is 18.9. The Kier molecular flexibility index (Phi) is 6.90. The fraction of sp³-hybridized carbons (Fsp3) is 0.200. The first-order valence-corrected chi connectivity index (χ1v) is 27.5. The van der Waals surface area contributed by atoms with Gasteiger partial charge in [-0.25, -0.2) is 0 Å². The van der Waals surface area contributed by atoms with Crippen LogP contribution in [0, 0.1) is 0 Å². The number of aromatic nitrogens is 5. The van der Waals surface area contributed by atoms with Crippen molar-refractivity contribution in [2.75, 3.05) is 0 Å². The van der Waals surface area contributed by atoms with E-state index >= 15 is 0 Å². The number of rotatable bonds is 5. The van der Waals surface area contributed by atoms with E-state index in [2.05, 4.69) is 154 Å². The van der Waals surface area contributed by atoms with Gasteiger partial charge in [0.25, 0.3) is 0 Å². The average molecular weight is 677 g/mol. The predicted molar refractivity (Wildman–Crippen MR) is 212 cm³/mol. The van der Waals surface area contributed by atoms with Gasteiger partial charge in [0.15, 0.2) is 0 Å². The molecular formula is C40H42N5Si3-. The number of hydrogen-bond acceptors (Lipinski definition) is 4. The van der Waals surface area contributed by atoms with Crippen molar-refractivity contribution in [3.8, 4) is 39.5 Å². The Bertz CT molecular complexity index is 2330. The summed E-state index contributed by atoms with van der Waals surface area (Å²) in [6.07, 6.45) is 1.99. The Labute approximate surface area is 285 Å². The molecule has 0 atom stereocenters. The minimum atomic E-state index is -2.46. The monoisotopic (exact) mass is 676 g/mol. The summed E-state index contributed by atoms with van der Waals surface area (Å²) < 4.78 is 2.42. The molecule has 1 aliphatic heterocycles. The molecule has 0 saturated carbocycles. The summed E-state index contributed by atoms with van der Waals surface area (Å²) in [7, 11) is -5.98. The molecule has 4 heterocycles. The number of pyridine rings is 1. The van der Waals surface area contributed by atoms with Gasteiger partial charge in [0, 0.05) is 0 Å². The Morgan fingerprint density at radius 3 is 1.81 bits per heavy atom. The van der Waals surface area contributed by atoms with Crippen molar-refractivity contribution in [1.82, 2.24) is 24.5 Å². The van der Waals surface area contributed by atoms with Crippen LogP contribution in [0.15, 0.2) is 103 Å². The average Bonchev–Trinajstić information content (AvgIpc) is 3.52. The molecule has 0 N–H and O–H groups in total.